The van der Waals surface area contributed by atoms with Crippen LogP contribution in [-0.2, 0) is 9.53 Å². The van der Waals surface area contributed by atoms with Crippen LogP contribution in [0.5, 0.6) is 5.75 Å². The normalized spacial score (nSPS) is 15.2. The summed E-state index contributed by atoms with van der Waals surface area (Å²) in [5.41, 5.74) is 2.62. The van der Waals surface area contributed by atoms with Gasteiger partial charge in [-0.3, -0.25) is 9.36 Å². The number of carbonyl (C=O) groups excluding carboxylic acids is 1. The summed E-state index contributed by atoms with van der Waals surface area (Å²) in [6.07, 6.45) is 1.29. The number of hydrogen-bond donors (Lipinski definition) is 0. The molecule has 0 bridgehead atoms. The van der Waals surface area contributed by atoms with Crippen LogP contribution in [0.4, 0.5) is 0 Å². The molecule has 0 radical (unpaired) electrons. The van der Waals surface area contributed by atoms with Gasteiger partial charge < -0.3 is 13.9 Å². The highest BCUT2D eigenvalue weighted by atomic mass is 35.5. The van der Waals surface area contributed by atoms with Crippen molar-refractivity contribution in [2.24, 2.45) is 4.99 Å². The number of allylic oxidation sites excluding steroid dienone is 1. The van der Waals surface area contributed by atoms with E-state index in [9.17, 15) is 9.59 Å². The first-order valence-corrected chi connectivity index (χ1v) is 14.7. The molecule has 0 fully saturated rings. The lowest BCUT2D eigenvalue weighted by Gasteiger charge is -2.26. The molecule has 0 unspecified atom stereocenters. The number of aryl methyl sites for hydroxylation is 2. The fourth-order valence-corrected chi connectivity index (χ4v) is 6.54. The second-order valence-corrected chi connectivity index (χ2v) is 12.0. The minimum atomic E-state index is -0.863. The quantitative estimate of drug-likeness (QED) is 0.212. The van der Waals surface area contributed by atoms with Gasteiger partial charge in [0.2, 0.25) is 0 Å². The van der Waals surface area contributed by atoms with Crippen LogP contribution < -0.4 is 19.6 Å². The average Bonchev–Trinajstić information content (AvgIpc) is 3.45. The average molecular weight is 611 g/mol. The number of fused-ring (bicyclic) bond motifs is 1. The Morgan fingerprint density at radius 2 is 1.88 bits per heavy atom. The molecule has 1 aliphatic heterocycles. The molecule has 0 saturated carbocycles. The predicted molar refractivity (Wildman–Crippen MR) is 157 cm³/mol. The van der Waals surface area contributed by atoms with E-state index in [4.69, 9.17) is 25.5 Å². The summed E-state index contributed by atoms with van der Waals surface area (Å²) >= 11 is 8.87. The van der Waals surface area contributed by atoms with Crippen LogP contribution in [-0.4, -0.2) is 33.7 Å². The van der Waals surface area contributed by atoms with E-state index in [2.05, 4.69) is 15.0 Å². The van der Waals surface area contributed by atoms with Crippen molar-refractivity contribution in [3.8, 4) is 5.75 Å². The summed E-state index contributed by atoms with van der Waals surface area (Å²) < 4.78 is 19.0. The van der Waals surface area contributed by atoms with Gasteiger partial charge in [-0.2, -0.15) is 0 Å². The van der Waals surface area contributed by atoms with Gasteiger partial charge in [0, 0.05) is 28.0 Å². The van der Waals surface area contributed by atoms with Crippen LogP contribution in [0, 0.1) is 13.8 Å². The monoisotopic (exact) mass is 610 g/mol. The van der Waals surface area contributed by atoms with E-state index in [0.29, 0.717) is 47.4 Å². The molecule has 1 aliphatic rings. The lowest BCUT2D eigenvalue weighted by Crippen LogP contribution is -2.40. The Hall–Kier alpha value is -3.67. The third-order valence-corrected chi connectivity index (χ3v) is 8.10. The zero-order valence-electron chi connectivity index (χ0n) is 23.2. The molecule has 3 aromatic heterocycles. The van der Waals surface area contributed by atoms with E-state index >= 15 is 0 Å². The molecule has 4 aromatic rings. The summed E-state index contributed by atoms with van der Waals surface area (Å²) in [7, 11) is 1.52. The van der Waals surface area contributed by atoms with Crippen molar-refractivity contribution in [2.45, 2.75) is 57.0 Å². The van der Waals surface area contributed by atoms with E-state index in [-0.39, 0.29) is 17.2 Å². The van der Waals surface area contributed by atoms with Gasteiger partial charge in [-0.15, -0.1) is 0 Å². The minimum Gasteiger partial charge on any atom is -0.496 e. The van der Waals surface area contributed by atoms with Crippen molar-refractivity contribution < 1.29 is 18.7 Å². The summed E-state index contributed by atoms with van der Waals surface area (Å²) in [6, 6.07) is 9.70. The van der Waals surface area contributed by atoms with Crippen LogP contribution >= 0.6 is 34.7 Å². The zero-order valence-corrected chi connectivity index (χ0v) is 25.6. The van der Waals surface area contributed by atoms with Crippen molar-refractivity contribution in [3.05, 3.63) is 95.1 Å². The molecule has 41 heavy (non-hydrogen) atoms. The van der Waals surface area contributed by atoms with Crippen LogP contribution in [0.3, 0.4) is 0 Å². The number of esters is 1. The van der Waals surface area contributed by atoms with Crippen molar-refractivity contribution >= 4 is 46.7 Å². The van der Waals surface area contributed by atoms with E-state index < -0.39 is 12.0 Å². The molecular weight excluding hydrogens is 584 g/mol. The van der Waals surface area contributed by atoms with Gasteiger partial charge in [0.15, 0.2) is 15.1 Å². The zero-order chi connectivity index (χ0) is 29.4. The number of carbonyl (C=O) groups is 1. The Balaban J connectivity index is 1.61. The molecule has 1 atom stereocenters. The number of furan rings is 1. The number of ether oxygens (including phenoxy) is 2. The Morgan fingerprint density at radius 3 is 2.56 bits per heavy atom. The number of thiazole rings is 1. The van der Waals surface area contributed by atoms with Gasteiger partial charge in [0.1, 0.15) is 17.6 Å². The predicted octanol–water partition coefficient (Wildman–Crippen LogP) is 5.00. The largest absolute Gasteiger partial charge is 0.496 e. The first-order chi connectivity index (χ1) is 19.5. The van der Waals surface area contributed by atoms with Crippen molar-refractivity contribution in [3.63, 3.8) is 0 Å². The van der Waals surface area contributed by atoms with Crippen LogP contribution in [0.15, 0.2) is 72.1 Å². The van der Waals surface area contributed by atoms with Crippen LogP contribution in [0.25, 0.3) is 6.08 Å². The van der Waals surface area contributed by atoms with Crippen LogP contribution in [0.1, 0.15) is 49.5 Å². The number of hydrogen-bond acceptors (Lipinski definition) is 10. The molecule has 0 spiro atoms. The number of benzene rings is 1. The van der Waals surface area contributed by atoms with Gasteiger partial charge in [0.05, 0.1) is 29.0 Å². The Kier molecular flexibility index (Phi) is 8.21. The summed E-state index contributed by atoms with van der Waals surface area (Å²) in [4.78, 5) is 41.2. The Morgan fingerprint density at radius 1 is 1.15 bits per heavy atom. The fraction of sp³-hybridized carbons (Fsp3) is 0.276. The highest BCUT2D eigenvalue weighted by Crippen LogP contribution is 2.37. The second kappa shape index (κ2) is 11.7. The number of halogens is 1. The van der Waals surface area contributed by atoms with E-state index in [0.717, 1.165) is 11.4 Å². The summed E-state index contributed by atoms with van der Waals surface area (Å²) in [5.74, 6) is 0.387. The number of aromatic nitrogens is 3. The molecule has 0 saturated heterocycles. The lowest BCUT2D eigenvalue weighted by atomic mass is 9.95. The van der Waals surface area contributed by atoms with Gasteiger partial charge in [0.25, 0.3) is 5.56 Å². The highest BCUT2D eigenvalue weighted by Gasteiger charge is 2.35. The summed E-state index contributed by atoms with van der Waals surface area (Å²) in [5, 5.41) is 1.60. The Labute approximate surface area is 249 Å². The molecular formula is C29H27ClN4O5S2. The number of nitrogens with zero attached hydrogens (tertiary/aromatic N) is 4. The van der Waals surface area contributed by atoms with E-state index in [1.165, 1.54) is 34.8 Å². The molecule has 12 heteroatoms. The minimum absolute atomic E-state index is 0.239. The molecule has 5 rings (SSSR count). The van der Waals surface area contributed by atoms with Gasteiger partial charge >= 0.3 is 5.97 Å². The number of rotatable bonds is 7. The highest BCUT2D eigenvalue weighted by molar-refractivity contribution is 7.99. The summed E-state index contributed by atoms with van der Waals surface area (Å²) in [6.45, 7) is 9.07. The third-order valence-electron chi connectivity index (χ3n) is 6.10. The van der Waals surface area contributed by atoms with Gasteiger partial charge in [-0.1, -0.05) is 22.9 Å². The maximum absolute atomic E-state index is 13.9. The van der Waals surface area contributed by atoms with Crippen molar-refractivity contribution in [1.29, 1.82) is 0 Å². The topological polar surface area (TPSA) is 109 Å². The van der Waals surface area contributed by atoms with Crippen molar-refractivity contribution in [2.75, 3.05) is 7.11 Å². The third kappa shape index (κ3) is 6.02. The van der Waals surface area contributed by atoms with Crippen molar-refractivity contribution in [1.82, 2.24) is 14.5 Å². The van der Waals surface area contributed by atoms with Gasteiger partial charge in [-0.25, -0.2) is 19.8 Å². The SMILES string of the molecule is COc1ccc(Cl)cc1[C@@H]1C(C(=O)OC(C)C)=C(C)N=c2s/c(=C\c3ccc(Sc4nc(C)cc(C)n4)o3)c(=O)n21. The maximum Gasteiger partial charge on any atom is 0.338 e. The smallest absolute Gasteiger partial charge is 0.338 e. The van der Waals surface area contributed by atoms with E-state index in [1.807, 2.05) is 19.9 Å². The standard InChI is InChI=1S/C29H27ClN4O5S2/c1-14(2)38-27(36)24-17(5)33-29-34(25(24)20-12-18(30)7-9-21(20)37-6)26(35)22(40-29)13-19-8-10-23(39-19)41-28-31-15(3)11-16(4)32-28/h7-14,25H,1-6H3/b22-13-/t25-/m1/s1. The molecule has 1 aromatic carbocycles. The second-order valence-electron chi connectivity index (χ2n) is 9.61. The molecule has 0 N–H and O–H groups in total. The Bertz CT molecular complexity index is 1850. The molecule has 0 amide bonds. The lowest BCUT2D eigenvalue weighted by molar-refractivity contribution is -0.143. The molecule has 212 valence electrons. The maximum atomic E-state index is 13.9. The fourth-order valence-electron chi connectivity index (χ4n) is 4.50. The first-order valence-electron chi connectivity index (χ1n) is 12.7. The molecule has 9 nitrogen and oxygen atoms in total. The molecule has 4 heterocycles. The number of methoxy groups -OCH3 is 1. The first kappa shape index (κ1) is 28.8. The molecule has 0 aliphatic carbocycles. The van der Waals surface area contributed by atoms with E-state index in [1.54, 1.807) is 57.2 Å². The van der Waals surface area contributed by atoms with Crippen LogP contribution in [0.2, 0.25) is 5.02 Å². The van der Waals surface area contributed by atoms with Gasteiger partial charge in [-0.05, 0) is 82.8 Å².